The topological polar surface area (TPSA) is 58.2 Å². The van der Waals surface area contributed by atoms with Gasteiger partial charge in [0, 0.05) is 12.1 Å². The number of benzene rings is 1. The van der Waals surface area contributed by atoms with Crippen LogP contribution in [-0.2, 0) is 16.0 Å². The summed E-state index contributed by atoms with van der Waals surface area (Å²) in [6, 6.07) is 7.81. The minimum Gasteiger partial charge on any atom is -0.342 e. The van der Waals surface area contributed by atoms with Crippen LogP contribution in [0.2, 0.25) is 0 Å². The highest BCUT2D eigenvalue weighted by atomic mass is 16.2. The molecule has 4 nitrogen and oxygen atoms in total. The minimum atomic E-state index is -0.810. The maximum absolute atomic E-state index is 12.5. The Bertz CT molecular complexity index is 513. The Morgan fingerprint density at radius 1 is 1.40 bits per heavy atom. The van der Waals surface area contributed by atoms with Crippen LogP contribution < -0.4 is 10.6 Å². The summed E-state index contributed by atoms with van der Waals surface area (Å²) in [5.74, 6) is -0.177. The van der Waals surface area contributed by atoms with Gasteiger partial charge in [-0.25, -0.2) is 0 Å². The van der Waals surface area contributed by atoms with Crippen LogP contribution in [0.4, 0.5) is 5.69 Å². The molecule has 4 heteroatoms. The Morgan fingerprint density at radius 2 is 2.20 bits per heavy atom. The largest absolute Gasteiger partial charge is 0.342 e. The maximum atomic E-state index is 12.5. The van der Waals surface area contributed by atoms with Crippen LogP contribution in [0.25, 0.3) is 0 Å². The van der Waals surface area contributed by atoms with Crippen molar-refractivity contribution in [2.45, 2.75) is 51.5 Å². The fourth-order valence-corrected chi connectivity index (χ4v) is 2.51. The molecule has 0 aromatic heterocycles. The van der Waals surface area contributed by atoms with Crippen molar-refractivity contribution in [2.75, 3.05) is 5.32 Å². The van der Waals surface area contributed by atoms with Crippen LogP contribution in [-0.4, -0.2) is 17.4 Å². The summed E-state index contributed by atoms with van der Waals surface area (Å²) < 4.78 is 0. The molecule has 108 valence electrons. The van der Waals surface area contributed by atoms with Gasteiger partial charge in [0.25, 0.3) is 0 Å². The minimum absolute atomic E-state index is 0.0394. The van der Waals surface area contributed by atoms with Crippen LogP contribution in [0, 0.1) is 0 Å². The van der Waals surface area contributed by atoms with Crippen LogP contribution in [0.15, 0.2) is 24.3 Å². The zero-order valence-corrected chi connectivity index (χ0v) is 12.2. The smallest absolute Gasteiger partial charge is 0.249 e. The van der Waals surface area contributed by atoms with Gasteiger partial charge >= 0.3 is 0 Å². The lowest BCUT2D eigenvalue weighted by molar-refractivity contribution is -0.129. The van der Waals surface area contributed by atoms with Crippen molar-refractivity contribution in [2.24, 2.45) is 0 Å². The van der Waals surface area contributed by atoms with Gasteiger partial charge in [-0.2, -0.15) is 0 Å². The highest BCUT2D eigenvalue weighted by Gasteiger charge is 2.35. The summed E-state index contributed by atoms with van der Waals surface area (Å²) >= 11 is 0. The zero-order chi connectivity index (χ0) is 14.6. The second-order valence-electron chi connectivity index (χ2n) is 5.60. The Labute approximate surface area is 119 Å². The fraction of sp³-hybridized carbons (Fsp3) is 0.500. The van der Waals surface area contributed by atoms with Gasteiger partial charge in [-0.05, 0) is 43.9 Å². The number of aryl methyl sites for hydroxylation is 1. The van der Waals surface area contributed by atoms with Gasteiger partial charge in [-0.3, -0.25) is 9.59 Å². The molecule has 0 saturated carbocycles. The van der Waals surface area contributed by atoms with E-state index in [1.807, 2.05) is 24.3 Å². The predicted octanol–water partition coefficient (Wildman–Crippen LogP) is 2.64. The number of hydrogen-bond donors (Lipinski definition) is 2. The Morgan fingerprint density at radius 3 is 2.95 bits per heavy atom. The van der Waals surface area contributed by atoms with E-state index in [2.05, 4.69) is 17.6 Å². The van der Waals surface area contributed by atoms with Gasteiger partial charge in [0.15, 0.2) is 0 Å². The summed E-state index contributed by atoms with van der Waals surface area (Å²) in [4.78, 5) is 24.1. The van der Waals surface area contributed by atoms with Crippen molar-refractivity contribution in [3.05, 3.63) is 29.8 Å². The second-order valence-corrected chi connectivity index (χ2v) is 5.60. The zero-order valence-electron chi connectivity index (χ0n) is 12.2. The Hall–Kier alpha value is -1.84. The maximum Gasteiger partial charge on any atom is 0.249 e. The van der Waals surface area contributed by atoms with Crippen molar-refractivity contribution < 1.29 is 9.59 Å². The van der Waals surface area contributed by atoms with E-state index in [9.17, 15) is 9.59 Å². The number of carbonyl (C=O) groups excluding carboxylic acids is 2. The molecule has 1 aromatic carbocycles. The molecule has 0 spiro atoms. The Balaban J connectivity index is 2.11. The molecule has 0 radical (unpaired) electrons. The van der Waals surface area contributed by atoms with Gasteiger partial charge in [0.2, 0.25) is 11.8 Å². The molecule has 1 heterocycles. The van der Waals surface area contributed by atoms with E-state index in [-0.39, 0.29) is 11.8 Å². The summed E-state index contributed by atoms with van der Waals surface area (Å²) in [7, 11) is 0. The van der Waals surface area contributed by atoms with E-state index in [1.165, 1.54) is 5.56 Å². The molecular weight excluding hydrogens is 252 g/mol. The molecule has 1 fully saturated rings. The third kappa shape index (κ3) is 3.38. The van der Waals surface area contributed by atoms with Crippen molar-refractivity contribution in [3.8, 4) is 0 Å². The molecule has 2 amide bonds. The van der Waals surface area contributed by atoms with E-state index in [0.29, 0.717) is 12.8 Å². The molecule has 1 aliphatic rings. The van der Waals surface area contributed by atoms with Crippen LogP contribution in [0.5, 0.6) is 0 Å². The molecule has 0 aliphatic carbocycles. The standard InChI is InChI=1S/C16H22N2O2/c1-3-12-7-6-8-13(11-12)17-15(20)16(2)10-5-4-9-14(19)18-16/h6-8,11H,3-5,9-10H2,1-2H3,(H,17,20)(H,18,19). The van der Waals surface area contributed by atoms with Crippen molar-refractivity contribution in [3.63, 3.8) is 0 Å². The molecule has 2 rings (SSSR count). The number of nitrogens with one attached hydrogen (secondary N) is 2. The first-order chi connectivity index (χ1) is 9.53. The molecule has 2 N–H and O–H groups in total. The molecule has 1 aromatic rings. The average molecular weight is 274 g/mol. The molecule has 1 saturated heterocycles. The lowest BCUT2D eigenvalue weighted by Gasteiger charge is -2.27. The summed E-state index contributed by atoms with van der Waals surface area (Å²) in [6.07, 6.45) is 3.85. The lowest BCUT2D eigenvalue weighted by Crippen LogP contribution is -2.53. The molecule has 20 heavy (non-hydrogen) atoms. The summed E-state index contributed by atoms with van der Waals surface area (Å²) in [5, 5.41) is 5.77. The summed E-state index contributed by atoms with van der Waals surface area (Å²) in [5.41, 5.74) is 1.16. The quantitative estimate of drug-likeness (QED) is 0.890. The van der Waals surface area contributed by atoms with Crippen molar-refractivity contribution in [1.82, 2.24) is 5.32 Å². The van der Waals surface area contributed by atoms with Crippen molar-refractivity contribution >= 4 is 17.5 Å². The molecule has 1 unspecified atom stereocenters. The van der Waals surface area contributed by atoms with E-state index in [1.54, 1.807) is 6.92 Å². The highest BCUT2D eigenvalue weighted by molar-refractivity contribution is 6.00. The van der Waals surface area contributed by atoms with Crippen LogP contribution in [0.1, 0.15) is 45.1 Å². The van der Waals surface area contributed by atoms with Crippen LogP contribution in [0.3, 0.4) is 0 Å². The average Bonchev–Trinajstić information content (AvgIpc) is 2.61. The first kappa shape index (κ1) is 14.6. The number of rotatable bonds is 3. The van der Waals surface area contributed by atoms with Crippen molar-refractivity contribution in [1.29, 1.82) is 0 Å². The van der Waals surface area contributed by atoms with Gasteiger partial charge in [-0.15, -0.1) is 0 Å². The lowest BCUT2D eigenvalue weighted by atomic mass is 9.95. The summed E-state index contributed by atoms with van der Waals surface area (Å²) in [6.45, 7) is 3.88. The third-order valence-corrected chi connectivity index (χ3v) is 3.84. The molecule has 0 bridgehead atoms. The van der Waals surface area contributed by atoms with E-state index >= 15 is 0 Å². The van der Waals surface area contributed by atoms with E-state index in [4.69, 9.17) is 0 Å². The van der Waals surface area contributed by atoms with Gasteiger partial charge < -0.3 is 10.6 Å². The first-order valence-electron chi connectivity index (χ1n) is 7.25. The van der Waals surface area contributed by atoms with Gasteiger partial charge in [-0.1, -0.05) is 25.5 Å². The number of hydrogen-bond acceptors (Lipinski definition) is 2. The monoisotopic (exact) mass is 274 g/mol. The molecular formula is C16H22N2O2. The fourth-order valence-electron chi connectivity index (χ4n) is 2.51. The SMILES string of the molecule is CCc1cccc(NC(=O)C2(C)CCCCC(=O)N2)c1. The number of amides is 2. The number of anilines is 1. The predicted molar refractivity (Wildman–Crippen MR) is 79.5 cm³/mol. The number of carbonyl (C=O) groups is 2. The molecule has 1 aliphatic heterocycles. The van der Waals surface area contributed by atoms with E-state index < -0.39 is 5.54 Å². The Kier molecular flexibility index (Phi) is 4.42. The highest BCUT2D eigenvalue weighted by Crippen LogP contribution is 2.21. The second kappa shape index (κ2) is 6.07. The molecule has 1 atom stereocenters. The third-order valence-electron chi connectivity index (χ3n) is 3.84. The normalized spacial score (nSPS) is 22.8. The van der Waals surface area contributed by atoms with Gasteiger partial charge in [0.1, 0.15) is 5.54 Å². The van der Waals surface area contributed by atoms with Gasteiger partial charge in [0.05, 0.1) is 0 Å². The van der Waals surface area contributed by atoms with E-state index in [0.717, 1.165) is 24.9 Å². The van der Waals surface area contributed by atoms with Crippen LogP contribution >= 0.6 is 0 Å². The first-order valence-corrected chi connectivity index (χ1v) is 7.25.